The molecule has 4 rings (SSSR count). The first kappa shape index (κ1) is 19.6. The molecule has 2 aromatic rings. The summed E-state index contributed by atoms with van der Waals surface area (Å²) in [5.41, 5.74) is 4.28. The summed E-state index contributed by atoms with van der Waals surface area (Å²) >= 11 is 0. The molecule has 1 amide bonds. The largest absolute Gasteiger partial charge is 0.381 e. The molecule has 0 spiro atoms. The molecule has 7 heteroatoms. The van der Waals surface area contributed by atoms with Crippen molar-refractivity contribution in [2.75, 3.05) is 49.2 Å². The van der Waals surface area contributed by atoms with E-state index in [-0.39, 0.29) is 11.9 Å². The molecule has 1 N–H and O–H groups in total. The summed E-state index contributed by atoms with van der Waals surface area (Å²) in [4.78, 5) is 17.0. The molecule has 0 atom stereocenters. The topological polar surface area (TPSA) is 70.6 Å². The number of carbonyl (C=O) groups excluding carboxylic acids is 1. The van der Waals surface area contributed by atoms with E-state index in [0.29, 0.717) is 18.9 Å². The summed E-state index contributed by atoms with van der Waals surface area (Å²) in [6, 6.07) is 10.4. The summed E-state index contributed by atoms with van der Waals surface area (Å²) in [5, 5.41) is 11.5. The van der Waals surface area contributed by atoms with Gasteiger partial charge in [0.15, 0.2) is 11.5 Å². The quantitative estimate of drug-likeness (QED) is 0.857. The lowest BCUT2D eigenvalue weighted by molar-refractivity contribution is 0.0693. The number of hydrogen-bond donors (Lipinski definition) is 1. The van der Waals surface area contributed by atoms with Crippen molar-refractivity contribution in [3.05, 3.63) is 47.2 Å². The van der Waals surface area contributed by atoms with Crippen LogP contribution in [-0.2, 0) is 4.74 Å². The highest BCUT2D eigenvalue weighted by Gasteiger charge is 2.21. The third kappa shape index (κ3) is 4.67. The molecule has 0 aliphatic carbocycles. The molecule has 0 saturated carbocycles. The second-order valence-corrected chi connectivity index (χ2v) is 7.90. The number of aryl methyl sites for hydroxylation is 2. The smallest absolute Gasteiger partial charge is 0.272 e. The number of aromatic nitrogens is 2. The molecule has 2 fully saturated rings. The molecule has 0 unspecified atom stereocenters. The van der Waals surface area contributed by atoms with Crippen LogP contribution < -0.4 is 15.1 Å². The zero-order valence-electron chi connectivity index (χ0n) is 17.2. The predicted molar refractivity (Wildman–Crippen MR) is 114 cm³/mol. The molecule has 154 valence electrons. The molecular formula is C22H29N5O2. The Labute approximate surface area is 172 Å². The minimum atomic E-state index is -0.157. The number of hydrogen-bond acceptors (Lipinski definition) is 6. The third-order valence-corrected chi connectivity index (χ3v) is 5.75. The summed E-state index contributed by atoms with van der Waals surface area (Å²) in [6.45, 7) is 9.35. The van der Waals surface area contributed by atoms with Crippen LogP contribution >= 0.6 is 0 Å². The zero-order chi connectivity index (χ0) is 20.2. The fraction of sp³-hybridized carbons (Fsp3) is 0.500. The van der Waals surface area contributed by atoms with Crippen LogP contribution in [0.25, 0.3) is 0 Å². The SMILES string of the molecule is Cc1ccc(C)c(N2CCN(c3ccc(C(=O)NC4CCOCC4)nn3)CC2)c1. The number of rotatable bonds is 4. The highest BCUT2D eigenvalue weighted by Crippen LogP contribution is 2.24. The Balaban J connectivity index is 1.34. The van der Waals surface area contributed by atoms with Crippen LogP contribution in [0.1, 0.15) is 34.5 Å². The Kier molecular flexibility index (Phi) is 5.94. The first-order valence-corrected chi connectivity index (χ1v) is 10.4. The molecule has 1 aromatic heterocycles. The van der Waals surface area contributed by atoms with Crippen molar-refractivity contribution in [1.29, 1.82) is 0 Å². The van der Waals surface area contributed by atoms with Gasteiger partial charge in [-0.25, -0.2) is 0 Å². The first-order valence-electron chi connectivity index (χ1n) is 10.4. The molecular weight excluding hydrogens is 366 g/mol. The highest BCUT2D eigenvalue weighted by atomic mass is 16.5. The molecule has 0 bridgehead atoms. The number of carbonyl (C=O) groups is 1. The molecule has 0 radical (unpaired) electrons. The van der Waals surface area contributed by atoms with Crippen LogP contribution in [-0.4, -0.2) is 61.5 Å². The molecule has 7 nitrogen and oxygen atoms in total. The molecule has 2 aliphatic rings. The van der Waals surface area contributed by atoms with Gasteiger partial charge < -0.3 is 19.9 Å². The summed E-state index contributed by atoms with van der Waals surface area (Å²) in [7, 11) is 0. The van der Waals surface area contributed by atoms with Crippen molar-refractivity contribution in [3.8, 4) is 0 Å². The van der Waals surface area contributed by atoms with E-state index in [9.17, 15) is 4.79 Å². The van der Waals surface area contributed by atoms with Gasteiger partial charge in [0, 0.05) is 51.1 Å². The van der Waals surface area contributed by atoms with E-state index >= 15 is 0 Å². The van der Waals surface area contributed by atoms with Crippen molar-refractivity contribution < 1.29 is 9.53 Å². The monoisotopic (exact) mass is 395 g/mol. The maximum Gasteiger partial charge on any atom is 0.272 e. The van der Waals surface area contributed by atoms with Crippen LogP contribution in [0.4, 0.5) is 11.5 Å². The Morgan fingerprint density at radius 1 is 1.00 bits per heavy atom. The Hall–Kier alpha value is -2.67. The van der Waals surface area contributed by atoms with Crippen LogP contribution in [0, 0.1) is 13.8 Å². The van der Waals surface area contributed by atoms with Gasteiger partial charge in [0.1, 0.15) is 0 Å². The van der Waals surface area contributed by atoms with Crippen molar-refractivity contribution in [2.45, 2.75) is 32.7 Å². The van der Waals surface area contributed by atoms with Crippen molar-refractivity contribution in [3.63, 3.8) is 0 Å². The van der Waals surface area contributed by atoms with Crippen LogP contribution in [0.2, 0.25) is 0 Å². The average molecular weight is 396 g/mol. The average Bonchev–Trinajstić information content (AvgIpc) is 2.76. The maximum atomic E-state index is 12.4. The Bertz CT molecular complexity index is 841. The van der Waals surface area contributed by atoms with Gasteiger partial charge in [0.05, 0.1) is 0 Å². The minimum Gasteiger partial charge on any atom is -0.381 e. The summed E-state index contributed by atoms with van der Waals surface area (Å²) < 4.78 is 5.33. The van der Waals surface area contributed by atoms with E-state index in [2.05, 4.69) is 57.4 Å². The van der Waals surface area contributed by atoms with Gasteiger partial charge in [0.2, 0.25) is 0 Å². The molecule has 1 aromatic carbocycles. The molecule has 2 aliphatic heterocycles. The van der Waals surface area contributed by atoms with Gasteiger partial charge in [-0.15, -0.1) is 10.2 Å². The number of benzene rings is 1. The van der Waals surface area contributed by atoms with Gasteiger partial charge in [0.25, 0.3) is 5.91 Å². The van der Waals surface area contributed by atoms with Crippen LogP contribution in [0.15, 0.2) is 30.3 Å². The number of ether oxygens (including phenoxy) is 1. The third-order valence-electron chi connectivity index (χ3n) is 5.75. The van der Waals surface area contributed by atoms with Gasteiger partial charge in [-0.1, -0.05) is 12.1 Å². The Morgan fingerprint density at radius 2 is 1.72 bits per heavy atom. The maximum absolute atomic E-state index is 12.4. The van der Waals surface area contributed by atoms with Crippen LogP contribution in [0.5, 0.6) is 0 Å². The predicted octanol–water partition coefficient (Wildman–Crippen LogP) is 2.33. The summed E-state index contributed by atoms with van der Waals surface area (Å²) in [5.74, 6) is 0.670. The van der Waals surface area contributed by atoms with Gasteiger partial charge in [-0.2, -0.15) is 0 Å². The van der Waals surface area contributed by atoms with Crippen molar-refractivity contribution in [2.24, 2.45) is 0 Å². The molecule has 2 saturated heterocycles. The van der Waals surface area contributed by atoms with Crippen LogP contribution in [0.3, 0.4) is 0 Å². The first-order chi connectivity index (χ1) is 14.1. The molecule has 3 heterocycles. The number of anilines is 2. The van der Waals surface area contributed by atoms with E-state index in [0.717, 1.165) is 44.8 Å². The minimum absolute atomic E-state index is 0.157. The number of amides is 1. The van der Waals surface area contributed by atoms with E-state index in [1.165, 1.54) is 16.8 Å². The fourth-order valence-electron chi connectivity index (χ4n) is 3.95. The molecule has 29 heavy (non-hydrogen) atoms. The highest BCUT2D eigenvalue weighted by molar-refractivity contribution is 5.92. The number of piperazine rings is 1. The second kappa shape index (κ2) is 8.78. The second-order valence-electron chi connectivity index (χ2n) is 7.90. The lowest BCUT2D eigenvalue weighted by atomic mass is 10.1. The van der Waals surface area contributed by atoms with E-state index in [1.54, 1.807) is 6.07 Å². The lowest BCUT2D eigenvalue weighted by Gasteiger charge is -2.37. The summed E-state index contributed by atoms with van der Waals surface area (Å²) in [6.07, 6.45) is 1.70. The Morgan fingerprint density at radius 3 is 2.41 bits per heavy atom. The van der Waals surface area contributed by atoms with Crippen molar-refractivity contribution in [1.82, 2.24) is 15.5 Å². The van der Waals surface area contributed by atoms with E-state index < -0.39 is 0 Å². The van der Waals surface area contributed by atoms with E-state index in [1.807, 2.05) is 6.07 Å². The van der Waals surface area contributed by atoms with Gasteiger partial charge >= 0.3 is 0 Å². The number of nitrogens with one attached hydrogen (secondary N) is 1. The lowest BCUT2D eigenvalue weighted by Crippen LogP contribution is -2.47. The van der Waals surface area contributed by atoms with E-state index in [4.69, 9.17) is 4.74 Å². The van der Waals surface area contributed by atoms with Gasteiger partial charge in [-0.3, -0.25) is 4.79 Å². The van der Waals surface area contributed by atoms with Gasteiger partial charge in [-0.05, 0) is 56.0 Å². The fourth-order valence-corrected chi connectivity index (χ4v) is 3.95. The standard InChI is InChI=1S/C22H29N5O2/c1-16-3-4-17(2)20(15-16)26-9-11-27(12-10-26)21-6-5-19(24-25-21)22(28)23-18-7-13-29-14-8-18/h3-6,15,18H,7-14H2,1-2H3,(H,23,28). The number of nitrogens with zero attached hydrogens (tertiary/aromatic N) is 4. The zero-order valence-corrected chi connectivity index (χ0v) is 17.2. The normalized spacial score (nSPS) is 18.0. The van der Waals surface area contributed by atoms with Crippen molar-refractivity contribution >= 4 is 17.4 Å².